The Kier molecular flexibility index (Phi) is 7.12. The van der Waals surface area contributed by atoms with Gasteiger partial charge < -0.3 is 14.2 Å². The van der Waals surface area contributed by atoms with Crippen molar-refractivity contribution in [2.24, 2.45) is 0 Å². The van der Waals surface area contributed by atoms with Crippen LogP contribution < -0.4 is 0 Å². The van der Waals surface area contributed by atoms with Gasteiger partial charge in [-0.05, 0) is 12.5 Å². The van der Waals surface area contributed by atoms with Crippen LogP contribution in [0.25, 0.3) is 0 Å². The summed E-state index contributed by atoms with van der Waals surface area (Å²) >= 11 is 0. The van der Waals surface area contributed by atoms with E-state index in [1.807, 2.05) is 37.3 Å². The molecule has 3 heteroatoms. The van der Waals surface area contributed by atoms with E-state index in [9.17, 15) is 0 Å². The van der Waals surface area contributed by atoms with Gasteiger partial charge in [-0.15, -0.1) is 6.42 Å². The van der Waals surface area contributed by atoms with Crippen LogP contribution in [0.1, 0.15) is 12.5 Å². The first-order valence-electron chi connectivity index (χ1n) is 5.94. The number of hydrogen-bond donors (Lipinski definition) is 0. The third-order valence-electron chi connectivity index (χ3n) is 2.24. The van der Waals surface area contributed by atoms with Gasteiger partial charge in [0.1, 0.15) is 6.10 Å². The summed E-state index contributed by atoms with van der Waals surface area (Å²) in [6, 6.07) is 9.89. The second kappa shape index (κ2) is 8.71. The maximum absolute atomic E-state index is 5.50. The van der Waals surface area contributed by atoms with Gasteiger partial charge in [-0.3, -0.25) is 0 Å². The van der Waals surface area contributed by atoms with Gasteiger partial charge >= 0.3 is 0 Å². The fraction of sp³-hybridized carbons (Fsp3) is 0.400. The Balaban J connectivity index is 2.26. The summed E-state index contributed by atoms with van der Waals surface area (Å²) in [5.41, 5.74) is 1.10. The van der Waals surface area contributed by atoms with E-state index in [1.165, 1.54) is 0 Å². The minimum absolute atomic E-state index is 0.324. The Morgan fingerprint density at radius 3 is 2.67 bits per heavy atom. The standard InChI is InChI=1S/C15H19O3/c1-4-15(18-13(3)17-5-2)12-16-11-14-9-7-6-8-10-14/h1,6-10,13,15H,3,5,11-12H2,2H3. The quantitative estimate of drug-likeness (QED) is 0.521. The molecule has 0 aliphatic heterocycles. The van der Waals surface area contributed by atoms with Gasteiger partial charge in [0.2, 0.25) is 0 Å². The van der Waals surface area contributed by atoms with Crippen molar-refractivity contribution < 1.29 is 14.2 Å². The summed E-state index contributed by atoms with van der Waals surface area (Å²) in [6.45, 7) is 6.93. The highest BCUT2D eigenvalue weighted by atomic mass is 16.7. The SMILES string of the molecule is C#CC(COCc1ccccc1)OC([CH2])OCC. The fourth-order valence-corrected chi connectivity index (χ4v) is 1.39. The van der Waals surface area contributed by atoms with Gasteiger partial charge in [0.05, 0.1) is 13.2 Å². The van der Waals surface area contributed by atoms with E-state index in [2.05, 4.69) is 12.8 Å². The molecule has 2 unspecified atom stereocenters. The predicted molar refractivity (Wildman–Crippen MR) is 70.6 cm³/mol. The van der Waals surface area contributed by atoms with Crippen LogP contribution in [0.15, 0.2) is 30.3 Å². The molecule has 0 saturated carbocycles. The highest BCUT2D eigenvalue weighted by Gasteiger charge is 2.10. The van der Waals surface area contributed by atoms with Crippen LogP contribution in [0.2, 0.25) is 0 Å². The Labute approximate surface area is 109 Å². The highest BCUT2D eigenvalue weighted by Crippen LogP contribution is 2.04. The van der Waals surface area contributed by atoms with Crippen molar-refractivity contribution in [1.29, 1.82) is 0 Å². The Morgan fingerprint density at radius 2 is 2.06 bits per heavy atom. The predicted octanol–water partition coefficient (Wildman–Crippen LogP) is 2.42. The summed E-state index contributed by atoms with van der Waals surface area (Å²) in [7, 11) is 0. The van der Waals surface area contributed by atoms with E-state index < -0.39 is 12.4 Å². The lowest BCUT2D eigenvalue weighted by Crippen LogP contribution is -2.25. The van der Waals surface area contributed by atoms with Crippen LogP contribution in [-0.2, 0) is 20.8 Å². The van der Waals surface area contributed by atoms with Crippen LogP contribution in [0.4, 0.5) is 0 Å². The molecule has 0 aromatic heterocycles. The third kappa shape index (κ3) is 5.83. The molecule has 0 aliphatic rings. The van der Waals surface area contributed by atoms with Crippen LogP contribution in [-0.4, -0.2) is 25.6 Å². The molecule has 0 fully saturated rings. The van der Waals surface area contributed by atoms with Crippen molar-refractivity contribution >= 4 is 0 Å². The van der Waals surface area contributed by atoms with Crippen molar-refractivity contribution in [3.05, 3.63) is 42.8 Å². The molecule has 0 bridgehead atoms. The lowest BCUT2D eigenvalue weighted by atomic mass is 10.2. The smallest absolute Gasteiger partial charge is 0.159 e. The van der Waals surface area contributed by atoms with Crippen molar-refractivity contribution in [1.82, 2.24) is 0 Å². The molecule has 18 heavy (non-hydrogen) atoms. The lowest BCUT2D eigenvalue weighted by molar-refractivity contribution is -0.141. The molecule has 0 saturated heterocycles. The van der Waals surface area contributed by atoms with Crippen LogP contribution in [0.3, 0.4) is 0 Å². The number of ether oxygens (including phenoxy) is 3. The van der Waals surface area contributed by atoms with Crippen LogP contribution >= 0.6 is 0 Å². The second-order valence-electron chi connectivity index (χ2n) is 3.68. The monoisotopic (exact) mass is 247 g/mol. The molecule has 0 aliphatic carbocycles. The first kappa shape index (κ1) is 14.7. The topological polar surface area (TPSA) is 27.7 Å². The minimum Gasteiger partial charge on any atom is -0.373 e. The van der Waals surface area contributed by atoms with Crippen molar-refractivity contribution in [2.45, 2.75) is 25.9 Å². The zero-order valence-corrected chi connectivity index (χ0v) is 10.7. The van der Waals surface area contributed by atoms with E-state index in [4.69, 9.17) is 20.6 Å². The molecule has 1 aromatic rings. The van der Waals surface area contributed by atoms with Gasteiger partial charge in [0.15, 0.2) is 6.29 Å². The number of rotatable bonds is 8. The van der Waals surface area contributed by atoms with Gasteiger partial charge in [-0.1, -0.05) is 36.3 Å². The number of terminal acetylenes is 1. The summed E-state index contributed by atoms with van der Waals surface area (Å²) in [5, 5.41) is 0. The average molecular weight is 247 g/mol. The molecule has 0 amide bonds. The van der Waals surface area contributed by atoms with Crippen molar-refractivity contribution in [3.8, 4) is 12.3 Å². The summed E-state index contributed by atoms with van der Waals surface area (Å²) in [5.74, 6) is 2.51. The number of benzene rings is 1. The van der Waals surface area contributed by atoms with Gasteiger partial charge in [-0.25, -0.2) is 0 Å². The molecular formula is C15H19O3. The maximum Gasteiger partial charge on any atom is 0.159 e. The fourth-order valence-electron chi connectivity index (χ4n) is 1.39. The maximum atomic E-state index is 5.50. The average Bonchev–Trinajstić information content (AvgIpc) is 2.39. The van der Waals surface area contributed by atoms with E-state index >= 15 is 0 Å². The first-order valence-corrected chi connectivity index (χ1v) is 5.94. The molecule has 1 rings (SSSR count). The largest absolute Gasteiger partial charge is 0.373 e. The molecule has 97 valence electrons. The molecule has 1 aromatic carbocycles. The second-order valence-corrected chi connectivity index (χ2v) is 3.68. The van der Waals surface area contributed by atoms with Crippen molar-refractivity contribution in [2.75, 3.05) is 13.2 Å². The van der Waals surface area contributed by atoms with Gasteiger partial charge in [0, 0.05) is 13.5 Å². The summed E-state index contributed by atoms with van der Waals surface area (Å²) in [4.78, 5) is 0. The molecule has 3 nitrogen and oxygen atoms in total. The Hall–Kier alpha value is -1.34. The molecule has 1 radical (unpaired) electrons. The van der Waals surface area contributed by atoms with Gasteiger partial charge in [0.25, 0.3) is 0 Å². The van der Waals surface area contributed by atoms with E-state index in [-0.39, 0.29) is 0 Å². The lowest BCUT2D eigenvalue weighted by Gasteiger charge is -2.18. The minimum atomic E-state index is -0.559. The Bertz CT molecular complexity index is 356. The molecule has 0 spiro atoms. The summed E-state index contributed by atoms with van der Waals surface area (Å²) in [6.07, 6.45) is 4.36. The zero-order chi connectivity index (χ0) is 13.2. The molecular weight excluding hydrogens is 228 g/mol. The van der Waals surface area contributed by atoms with Crippen LogP contribution in [0, 0.1) is 19.3 Å². The van der Waals surface area contributed by atoms with E-state index in [0.717, 1.165) is 5.56 Å². The van der Waals surface area contributed by atoms with Gasteiger partial charge in [-0.2, -0.15) is 0 Å². The van der Waals surface area contributed by atoms with Crippen molar-refractivity contribution in [3.63, 3.8) is 0 Å². The van der Waals surface area contributed by atoms with E-state index in [0.29, 0.717) is 19.8 Å². The van der Waals surface area contributed by atoms with Crippen LogP contribution in [0.5, 0.6) is 0 Å². The summed E-state index contributed by atoms with van der Waals surface area (Å²) < 4.78 is 16.0. The zero-order valence-electron chi connectivity index (χ0n) is 10.7. The normalized spacial score (nSPS) is 13.8. The molecule has 0 heterocycles. The first-order chi connectivity index (χ1) is 8.76. The van der Waals surface area contributed by atoms with E-state index in [1.54, 1.807) is 0 Å². The number of hydrogen-bond acceptors (Lipinski definition) is 3. The molecule has 2 atom stereocenters. The third-order valence-corrected chi connectivity index (χ3v) is 2.24. The highest BCUT2D eigenvalue weighted by molar-refractivity contribution is 5.13. The Morgan fingerprint density at radius 1 is 1.33 bits per heavy atom. The molecule has 0 N–H and O–H groups in total.